The van der Waals surface area contributed by atoms with E-state index in [0.29, 0.717) is 13.1 Å². The van der Waals surface area contributed by atoms with E-state index < -0.39 is 10.0 Å². The number of nitrogens with zero attached hydrogens (tertiary/aromatic N) is 1. The van der Waals surface area contributed by atoms with Crippen LogP contribution in [0.15, 0.2) is 0 Å². The predicted octanol–water partition coefficient (Wildman–Crippen LogP) is 3.02. The fourth-order valence-electron chi connectivity index (χ4n) is 4.27. The van der Waals surface area contributed by atoms with Gasteiger partial charge in [-0.1, -0.05) is 51.9 Å². The van der Waals surface area contributed by atoms with Gasteiger partial charge in [0.25, 0.3) is 0 Å². The molecule has 2 aliphatic rings. The third-order valence-corrected chi connectivity index (χ3v) is 8.08. The molecule has 0 aliphatic heterocycles. The maximum atomic E-state index is 13.2. The molecule has 0 aromatic rings. The molecule has 0 aromatic carbocycles. The van der Waals surface area contributed by atoms with Crippen molar-refractivity contribution in [3.05, 3.63) is 0 Å². The third-order valence-electron chi connectivity index (χ3n) is 5.51. The molecule has 0 bridgehead atoms. The third kappa shape index (κ3) is 3.62. The summed E-state index contributed by atoms with van der Waals surface area (Å²) in [6.45, 7) is 3.01. The zero-order valence-corrected chi connectivity index (χ0v) is 14.3. The molecule has 0 amide bonds. The zero-order chi connectivity index (χ0) is 15.3. The van der Waals surface area contributed by atoms with Crippen LogP contribution in [0.3, 0.4) is 0 Å². The van der Waals surface area contributed by atoms with E-state index in [9.17, 15) is 8.42 Å². The summed E-state index contributed by atoms with van der Waals surface area (Å²) in [4.78, 5) is 0. The monoisotopic (exact) mass is 316 g/mol. The molecule has 4 nitrogen and oxygen atoms in total. The van der Waals surface area contributed by atoms with Crippen LogP contribution in [0.1, 0.15) is 77.6 Å². The van der Waals surface area contributed by atoms with Gasteiger partial charge in [-0.2, -0.15) is 4.31 Å². The maximum absolute atomic E-state index is 13.2. The van der Waals surface area contributed by atoms with E-state index in [1.54, 1.807) is 4.31 Å². The quantitative estimate of drug-likeness (QED) is 0.793. The fourth-order valence-corrected chi connectivity index (χ4v) is 6.72. The van der Waals surface area contributed by atoms with Crippen LogP contribution in [0.2, 0.25) is 0 Å². The normalized spacial score (nSPS) is 24.9. The van der Waals surface area contributed by atoms with Gasteiger partial charge in [-0.25, -0.2) is 8.42 Å². The molecule has 2 fully saturated rings. The highest BCUT2D eigenvalue weighted by atomic mass is 32.2. The lowest BCUT2D eigenvalue weighted by atomic mass is 9.90. The van der Waals surface area contributed by atoms with Gasteiger partial charge >= 0.3 is 0 Å². The molecule has 2 N–H and O–H groups in total. The van der Waals surface area contributed by atoms with Crippen molar-refractivity contribution in [3.63, 3.8) is 0 Å². The van der Waals surface area contributed by atoms with Crippen LogP contribution in [0.4, 0.5) is 0 Å². The Balaban J connectivity index is 2.26. The predicted molar refractivity (Wildman–Crippen MR) is 87.7 cm³/mol. The van der Waals surface area contributed by atoms with Crippen LogP contribution >= 0.6 is 0 Å². The Kier molecular flexibility index (Phi) is 6.09. The Morgan fingerprint density at radius 2 is 1.52 bits per heavy atom. The minimum absolute atomic E-state index is 0.169. The Hall–Kier alpha value is -0.130. The molecular formula is C16H32N2O2S. The molecule has 0 unspecified atom stereocenters. The minimum atomic E-state index is -3.21. The van der Waals surface area contributed by atoms with E-state index in [4.69, 9.17) is 5.73 Å². The van der Waals surface area contributed by atoms with Crippen molar-refractivity contribution in [2.45, 2.75) is 88.3 Å². The number of likely N-dealkylation sites (N-methyl/N-ethyl adjacent to an activating group) is 1. The molecule has 0 aromatic heterocycles. The minimum Gasteiger partial charge on any atom is -0.329 e. The SMILES string of the molecule is CCN(C1(CN)CCCCCC1)S(=O)(=O)C1CCCCC1. The first-order valence-electron chi connectivity index (χ1n) is 8.78. The smallest absolute Gasteiger partial charge is 0.217 e. The molecule has 0 radical (unpaired) electrons. The molecule has 2 saturated carbocycles. The molecule has 5 heteroatoms. The molecule has 2 aliphatic carbocycles. The highest BCUT2D eigenvalue weighted by Crippen LogP contribution is 2.37. The highest BCUT2D eigenvalue weighted by molar-refractivity contribution is 7.89. The molecule has 124 valence electrons. The Labute approximate surface area is 130 Å². The lowest BCUT2D eigenvalue weighted by Gasteiger charge is -2.43. The Morgan fingerprint density at radius 3 is 2.00 bits per heavy atom. The Morgan fingerprint density at radius 1 is 1.00 bits per heavy atom. The van der Waals surface area contributed by atoms with Crippen LogP contribution < -0.4 is 5.73 Å². The van der Waals surface area contributed by atoms with Crippen molar-refractivity contribution < 1.29 is 8.42 Å². The van der Waals surface area contributed by atoms with Gasteiger partial charge in [0.15, 0.2) is 0 Å². The van der Waals surface area contributed by atoms with Gasteiger partial charge in [0, 0.05) is 18.6 Å². The summed E-state index contributed by atoms with van der Waals surface area (Å²) in [6, 6.07) is 0. The molecule has 0 heterocycles. The fraction of sp³-hybridized carbons (Fsp3) is 1.00. The first kappa shape index (κ1) is 17.2. The molecule has 0 saturated heterocycles. The summed E-state index contributed by atoms with van der Waals surface area (Å²) in [5.41, 5.74) is 5.79. The van der Waals surface area contributed by atoms with Crippen LogP contribution in [-0.4, -0.2) is 36.6 Å². The summed E-state index contributed by atoms with van der Waals surface area (Å²) in [7, 11) is -3.21. The molecule has 2 rings (SSSR count). The van der Waals surface area contributed by atoms with Crippen molar-refractivity contribution in [1.82, 2.24) is 4.31 Å². The van der Waals surface area contributed by atoms with Crippen molar-refractivity contribution in [3.8, 4) is 0 Å². The van der Waals surface area contributed by atoms with Crippen LogP contribution in [0.5, 0.6) is 0 Å². The average molecular weight is 317 g/mol. The van der Waals surface area contributed by atoms with Gasteiger partial charge < -0.3 is 5.73 Å². The number of rotatable bonds is 5. The van der Waals surface area contributed by atoms with Crippen LogP contribution in [0.25, 0.3) is 0 Å². The second-order valence-corrected chi connectivity index (χ2v) is 8.95. The molecule has 21 heavy (non-hydrogen) atoms. The van der Waals surface area contributed by atoms with Crippen molar-refractivity contribution >= 4 is 10.0 Å². The zero-order valence-electron chi connectivity index (χ0n) is 13.5. The van der Waals surface area contributed by atoms with Gasteiger partial charge in [-0.3, -0.25) is 0 Å². The van der Waals surface area contributed by atoms with E-state index in [1.807, 2.05) is 6.92 Å². The second-order valence-electron chi connectivity index (χ2n) is 6.81. The van der Waals surface area contributed by atoms with Gasteiger partial charge in [-0.15, -0.1) is 0 Å². The lowest BCUT2D eigenvalue weighted by molar-refractivity contribution is 0.171. The second kappa shape index (κ2) is 7.42. The standard InChI is InChI=1S/C16H32N2O2S/c1-2-18(16(14-17)12-8-3-4-9-13-16)21(19,20)15-10-6-5-7-11-15/h15H,2-14,17H2,1H3. The van der Waals surface area contributed by atoms with Crippen LogP contribution in [0, 0.1) is 0 Å². The van der Waals surface area contributed by atoms with Gasteiger partial charge in [-0.05, 0) is 25.7 Å². The van der Waals surface area contributed by atoms with Crippen molar-refractivity contribution in [1.29, 1.82) is 0 Å². The van der Waals surface area contributed by atoms with Gasteiger partial charge in [0.1, 0.15) is 0 Å². The number of nitrogens with two attached hydrogens (primary N) is 1. The van der Waals surface area contributed by atoms with E-state index in [-0.39, 0.29) is 10.8 Å². The average Bonchev–Trinajstić information content (AvgIpc) is 2.75. The summed E-state index contributed by atoms with van der Waals surface area (Å²) >= 11 is 0. The number of sulfonamides is 1. The van der Waals surface area contributed by atoms with Crippen molar-refractivity contribution in [2.24, 2.45) is 5.73 Å². The first-order valence-corrected chi connectivity index (χ1v) is 10.3. The van der Waals surface area contributed by atoms with E-state index in [2.05, 4.69) is 0 Å². The first-order chi connectivity index (χ1) is 10.1. The lowest BCUT2D eigenvalue weighted by Crippen LogP contribution is -2.58. The largest absolute Gasteiger partial charge is 0.329 e. The van der Waals surface area contributed by atoms with Crippen LogP contribution in [-0.2, 0) is 10.0 Å². The summed E-state index contributed by atoms with van der Waals surface area (Å²) in [5, 5.41) is -0.169. The topological polar surface area (TPSA) is 63.4 Å². The molecule has 0 atom stereocenters. The number of hydrogen-bond acceptors (Lipinski definition) is 3. The van der Waals surface area contributed by atoms with E-state index >= 15 is 0 Å². The van der Waals surface area contributed by atoms with Gasteiger partial charge in [0.2, 0.25) is 10.0 Å². The molecule has 0 spiro atoms. The van der Waals surface area contributed by atoms with E-state index in [0.717, 1.165) is 51.4 Å². The summed E-state index contributed by atoms with van der Waals surface area (Å²) < 4.78 is 28.1. The Bertz CT molecular complexity index is 408. The van der Waals surface area contributed by atoms with E-state index in [1.165, 1.54) is 19.3 Å². The van der Waals surface area contributed by atoms with Gasteiger partial charge in [0.05, 0.1) is 5.25 Å². The molecular weight excluding hydrogens is 284 g/mol. The summed E-state index contributed by atoms with van der Waals surface area (Å²) in [6.07, 6.45) is 11.5. The maximum Gasteiger partial charge on any atom is 0.217 e. The summed E-state index contributed by atoms with van der Waals surface area (Å²) in [5.74, 6) is 0. The highest BCUT2D eigenvalue weighted by Gasteiger charge is 2.44. The van der Waals surface area contributed by atoms with Crippen molar-refractivity contribution in [2.75, 3.05) is 13.1 Å². The number of hydrogen-bond donors (Lipinski definition) is 1.